The third kappa shape index (κ3) is 4.51. The molecule has 2 aromatic heterocycles. The van der Waals surface area contributed by atoms with Crippen molar-refractivity contribution in [1.29, 1.82) is 0 Å². The van der Waals surface area contributed by atoms with Crippen LogP contribution in [0.4, 0.5) is 5.00 Å². The van der Waals surface area contributed by atoms with Crippen molar-refractivity contribution in [2.24, 2.45) is 0 Å². The second-order valence-corrected chi connectivity index (χ2v) is 7.13. The van der Waals surface area contributed by atoms with Crippen molar-refractivity contribution in [3.63, 3.8) is 0 Å². The third-order valence-electron chi connectivity index (χ3n) is 4.10. The summed E-state index contributed by atoms with van der Waals surface area (Å²) < 4.78 is 5.12. The number of hydrogen-bond donors (Lipinski definition) is 1. The highest BCUT2D eigenvalue weighted by atomic mass is 35.5. The lowest BCUT2D eigenvalue weighted by atomic mass is 10.1. The van der Waals surface area contributed by atoms with E-state index in [0.29, 0.717) is 23.5 Å². The van der Waals surface area contributed by atoms with E-state index in [0.717, 1.165) is 11.3 Å². The SMILES string of the molecule is CCOC(=O)c1c(NC(=O)c2cccnc2Cl)sc(C(=O)N(CC)CC)c1C. The Kier molecular flexibility index (Phi) is 7.53. The predicted octanol–water partition coefficient (Wildman–Crippen LogP) is 4.02. The molecule has 0 aliphatic heterocycles. The fourth-order valence-corrected chi connectivity index (χ4v) is 4.00. The maximum Gasteiger partial charge on any atom is 0.341 e. The van der Waals surface area contributed by atoms with Crippen LogP contribution in [0.25, 0.3) is 0 Å². The molecule has 0 radical (unpaired) electrons. The number of esters is 1. The minimum absolute atomic E-state index is 0.0467. The molecule has 1 N–H and O–H groups in total. The van der Waals surface area contributed by atoms with Crippen LogP contribution in [0, 0.1) is 6.92 Å². The molecule has 2 rings (SSSR count). The van der Waals surface area contributed by atoms with Crippen LogP contribution in [0.1, 0.15) is 56.7 Å². The average Bonchev–Trinajstić information content (AvgIpc) is 2.99. The Morgan fingerprint density at radius 1 is 1.25 bits per heavy atom. The summed E-state index contributed by atoms with van der Waals surface area (Å²) in [7, 11) is 0. The largest absolute Gasteiger partial charge is 0.462 e. The second-order valence-electron chi connectivity index (χ2n) is 5.75. The minimum atomic E-state index is -0.595. The van der Waals surface area contributed by atoms with Crippen molar-refractivity contribution in [2.45, 2.75) is 27.7 Å². The van der Waals surface area contributed by atoms with Crippen LogP contribution in [0.2, 0.25) is 5.15 Å². The highest BCUT2D eigenvalue weighted by molar-refractivity contribution is 7.18. The van der Waals surface area contributed by atoms with Gasteiger partial charge in [-0.3, -0.25) is 9.59 Å². The molecule has 0 spiro atoms. The number of nitrogens with one attached hydrogen (secondary N) is 1. The van der Waals surface area contributed by atoms with Crippen molar-refractivity contribution < 1.29 is 19.1 Å². The van der Waals surface area contributed by atoms with Gasteiger partial charge in [-0.2, -0.15) is 0 Å². The van der Waals surface area contributed by atoms with E-state index >= 15 is 0 Å². The highest BCUT2D eigenvalue weighted by Gasteiger charge is 2.28. The Balaban J connectivity index is 2.48. The number of nitrogens with zero attached hydrogens (tertiary/aromatic N) is 2. The molecule has 2 amide bonds. The zero-order valence-electron chi connectivity index (χ0n) is 16.2. The maximum atomic E-state index is 12.8. The number of ether oxygens (including phenoxy) is 1. The predicted molar refractivity (Wildman–Crippen MR) is 109 cm³/mol. The molecule has 0 aromatic carbocycles. The van der Waals surface area contributed by atoms with Gasteiger partial charge in [-0.25, -0.2) is 9.78 Å². The van der Waals surface area contributed by atoms with Crippen LogP contribution in [0.5, 0.6) is 0 Å². The first-order valence-corrected chi connectivity index (χ1v) is 10.1. The van der Waals surface area contributed by atoms with Crippen LogP contribution in [0.15, 0.2) is 18.3 Å². The van der Waals surface area contributed by atoms with E-state index in [9.17, 15) is 14.4 Å². The quantitative estimate of drug-likeness (QED) is 0.536. The topological polar surface area (TPSA) is 88.6 Å². The number of halogens is 1. The summed E-state index contributed by atoms with van der Waals surface area (Å²) in [6.45, 7) is 8.37. The molecule has 2 aromatic rings. The van der Waals surface area contributed by atoms with Gasteiger partial charge < -0.3 is 15.0 Å². The van der Waals surface area contributed by atoms with Gasteiger partial charge in [0.1, 0.15) is 10.2 Å². The molecule has 0 atom stereocenters. The van der Waals surface area contributed by atoms with Gasteiger partial charge in [0, 0.05) is 19.3 Å². The van der Waals surface area contributed by atoms with Crippen molar-refractivity contribution in [1.82, 2.24) is 9.88 Å². The Labute approximate surface area is 172 Å². The molecule has 0 aliphatic rings. The van der Waals surface area contributed by atoms with Crippen LogP contribution in [-0.4, -0.2) is 47.4 Å². The van der Waals surface area contributed by atoms with Gasteiger partial charge in [-0.15, -0.1) is 11.3 Å². The van der Waals surface area contributed by atoms with E-state index in [4.69, 9.17) is 16.3 Å². The third-order valence-corrected chi connectivity index (χ3v) is 5.60. The molecule has 0 fully saturated rings. The van der Waals surface area contributed by atoms with Crippen molar-refractivity contribution in [2.75, 3.05) is 25.0 Å². The molecular formula is C19H22ClN3O4S. The first-order valence-electron chi connectivity index (χ1n) is 8.87. The zero-order chi connectivity index (χ0) is 20.8. The lowest BCUT2D eigenvalue weighted by Gasteiger charge is -2.18. The van der Waals surface area contributed by atoms with Crippen LogP contribution in [0.3, 0.4) is 0 Å². The monoisotopic (exact) mass is 423 g/mol. The molecule has 0 saturated carbocycles. The summed E-state index contributed by atoms with van der Waals surface area (Å²) >= 11 is 7.03. The fourth-order valence-electron chi connectivity index (χ4n) is 2.63. The van der Waals surface area contributed by atoms with E-state index in [1.165, 1.54) is 12.3 Å². The van der Waals surface area contributed by atoms with Crippen molar-refractivity contribution in [3.05, 3.63) is 45.1 Å². The van der Waals surface area contributed by atoms with E-state index in [1.807, 2.05) is 13.8 Å². The van der Waals surface area contributed by atoms with Gasteiger partial charge in [-0.1, -0.05) is 11.6 Å². The highest BCUT2D eigenvalue weighted by Crippen LogP contribution is 2.35. The number of pyridine rings is 1. The van der Waals surface area contributed by atoms with E-state index in [2.05, 4.69) is 10.3 Å². The molecule has 150 valence electrons. The van der Waals surface area contributed by atoms with E-state index in [1.54, 1.807) is 24.8 Å². The first kappa shape index (κ1) is 21.8. The van der Waals surface area contributed by atoms with E-state index < -0.39 is 11.9 Å². The summed E-state index contributed by atoms with van der Waals surface area (Å²) in [6, 6.07) is 3.11. The molecule has 0 saturated heterocycles. The smallest absolute Gasteiger partial charge is 0.341 e. The summed E-state index contributed by atoms with van der Waals surface area (Å²) in [5.41, 5.74) is 0.824. The summed E-state index contributed by atoms with van der Waals surface area (Å²) in [6.07, 6.45) is 1.47. The maximum absolute atomic E-state index is 12.8. The molecule has 9 heteroatoms. The molecule has 7 nitrogen and oxygen atoms in total. The van der Waals surface area contributed by atoms with Crippen LogP contribution >= 0.6 is 22.9 Å². The Morgan fingerprint density at radius 2 is 1.93 bits per heavy atom. The number of carbonyl (C=O) groups excluding carboxylic acids is 3. The van der Waals surface area contributed by atoms with Gasteiger partial charge in [0.2, 0.25) is 0 Å². The number of rotatable bonds is 7. The van der Waals surface area contributed by atoms with Crippen molar-refractivity contribution in [3.8, 4) is 0 Å². The molecule has 0 aliphatic carbocycles. The van der Waals surface area contributed by atoms with Crippen LogP contribution < -0.4 is 5.32 Å². The minimum Gasteiger partial charge on any atom is -0.462 e. The summed E-state index contributed by atoms with van der Waals surface area (Å²) in [4.78, 5) is 43.9. The molecule has 2 heterocycles. The number of aromatic nitrogens is 1. The second kappa shape index (κ2) is 9.66. The Bertz CT molecular complexity index is 893. The average molecular weight is 424 g/mol. The number of amides is 2. The zero-order valence-corrected chi connectivity index (χ0v) is 17.7. The Morgan fingerprint density at radius 3 is 2.50 bits per heavy atom. The van der Waals surface area contributed by atoms with Crippen LogP contribution in [-0.2, 0) is 4.74 Å². The van der Waals surface area contributed by atoms with E-state index in [-0.39, 0.29) is 33.8 Å². The number of anilines is 1. The summed E-state index contributed by atoms with van der Waals surface area (Å²) in [5.74, 6) is -1.31. The molecule has 28 heavy (non-hydrogen) atoms. The fraction of sp³-hybridized carbons (Fsp3) is 0.368. The normalized spacial score (nSPS) is 10.5. The first-order chi connectivity index (χ1) is 13.3. The molecule has 0 bridgehead atoms. The standard InChI is InChI=1S/C19H22ClN3O4S/c1-5-23(6-2)18(25)14-11(4)13(19(26)27-7-3)17(28-14)22-16(24)12-9-8-10-21-15(12)20/h8-10H,5-7H2,1-4H3,(H,22,24). The lowest BCUT2D eigenvalue weighted by Crippen LogP contribution is -2.30. The van der Waals surface area contributed by atoms with Gasteiger partial charge >= 0.3 is 5.97 Å². The van der Waals surface area contributed by atoms with Crippen molar-refractivity contribution >= 4 is 45.7 Å². The number of thiophene rings is 1. The van der Waals surface area contributed by atoms with Gasteiger partial charge in [0.25, 0.3) is 11.8 Å². The van der Waals surface area contributed by atoms with Gasteiger partial charge in [-0.05, 0) is 45.4 Å². The molecular weight excluding hydrogens is 402 g/mol. The number of hydrogen-bond acceptors (Lipinski definition) is 6. The summed E-state index contributed by atoms with van der Waals surface area (Å²) in [5, 5.41) is 2.97. The Hall–Kier alpha value is -2.45. The number of carbonyl (C=O) groups is 3. The van der Waals surface area contributed by atoms with Gasteiger partial charge in [0.15, 0.2) is 0 Å². The molecule has 0 unspecified atom stereocenters. The lowest BCUT2D eigenvalue weighted by molar-refractivity contribution is 0.0527. The van der Waals surface area contributed by atoms with Gasteiger partial charge in [0.05, 0.1) is 22.6 Å².